The molecule has 20 heavy (non-hydrogen) atoms. The lowest BCUT2D eigenvalue weighted by molar-refractivity contribution is 0.387. The maximum atomic E-state index is 4.92. The molecule has 0 aliphatic heterocycles. The lowest BCUT2D eigenvalue weighted by Gasteiger charge is -2.09. The zero-order valence-corrected chi connectivity index (χ0v) is 12.8. The molecule has 2 aromatic rings. The fourth-order valence-corrected chi connectivity index (χ4v) is 2.57. The molecule has 2 N–H and O–H groups in total. The molecule has 2 aromatic heterocycles. The Balaban J connectivity index is 1.80. The zero-order chi connectivity index (χ0) is 14.4. The molecule has 0 saturated heterocycles. The van der Waals surface area contributed by atoms with E-state index in [1.807, 2.05) is 11.3 Å². The first-order chi connectivity index (χ1) is 9.71. The van der Waals surface area contributed by atoms with Crippen molar-refractivity contribution in [3.8, 4) is 0 Å². The van der Waals surface area contributed by atoms with Gasteiger partial charge in [-0.25, -0.2) is 0 Å². The largest absolute Gasteiger partial charge is 0.352 e. The third-order valence-corrected chi connectivity index (χ3v) is 3.93. The van der Waals surface area contributed by atoms with Gasteiger partial charge in [0, 0.05) is 23.7 Å². The summed E-state index contributed by atoms with van der Waals surface area (Å²) < 4.78 is 4.92. The van der Waals surface area contributed by atoms with Crippen LogP contribution in [-0.2, 0) is 19.5 Å². The molecule has 0 unspecified atom stereocenters. The zero-order valence-electron chi connectivity index (χ0n) is 11.9. The maximum absolute atomic E-state index is 4.92. The Morgan fingerprint density at radius 1 is 1.30 bits per heavy atom. The van der Waals surface area contributed by atoms with E-state index in [-0.39, 0.29) is 0 Å². The SMILES string of the molecule is CCc1ccc(CNC(=NC)NCc2noc(C)n2)s1. The van der Waals surface area contributed by atoms with E-state index in [0.717, 1.165) is 18.9 Å². The van der Waals surface area contributed by atoms with Crippen LogP contribution in [0, 0.1) is 6.92 Å². The molecule has 0 atom stereocenters. The summed E-state index contributed by atoms with van der Waals surface area (Å²) in [6, 6.07) is 4.31. The van der Waals surface area contributed by atoms with Gasteiger partial charge in [-0.1, -0.05) is 12.1 Å². The Labute approximate surface area is 122 Å². The van der Waals surface area contributed by atoms with Crippen molar-refractivity contribution < 1.29 is 4.52 Å². The topological polar surface area (TPSA) is 75.3 Å². The minimum absolute atomic E-state index is 0.488. The Bertz CT molecular complexity index is 575. The smallest absolute Gasteiger partial charge is 0.223 e. The van der Waals surface area contributed by atoms with Gasteiger partial charge in [0.25, 0.3) is 0 Å². The van der Waals surface area contributed by atoms with E-state index in [0.29, 0.717) is 18.3 Å². The van der Waals surface area contributed by atoms with Crippen molar-refractivity contribution >= 4 is 17.3 Å². The Morgan fingerprint density at radius 3 is 2.65 bits per heavy atom. The van der Waals surface area contributed by atoms with Gasteiger partial charge in [0.2, 0.25) is 5.89 Å². The van der Waals surface area contributed by atoms with Crippen LogP contribution in [-0.4, -0.2) is 23.1 Å². The summed E-state index contributed by atoms with van der Waals surface area (Å²) in [6.45, 7) is 5.18. The predicted octanol–water partition coefficient (Wildman–Crippen LogP) is 1.87. The average molecular weight is 293 g/mol. The summed E-state index contributed by atoms with van der Waals surface area (Å²) in [7, 11) is 1.74. The summed E-state index contributed by atoms with van der Waals surface area (Å²) >= 11 is 1.82. The van der Waals surface area contributed by atoms with Crippen LogP contribution in [0.15, 0.2) is 21.6 Å². The fourth-order valence-electron chi connectivity index (χ4n) is 1.67. The van der Waals surface area contributed by atoms with E-state index in [1.165, 1.54) is 9.75 Å². The fraction of sp³-hybridized carbons (Fsp3) is 0.462. The van der Waals surface area contributed by atoms with Crippen LogP contribution in [0.5, 0.6) is 0 Å². The summed E-state index contributed by atoms with van der Waals surface area (Å²) in [6.07, 6.45) is 1.08. The van der Waals surface area contributed by atoms with E-state index >= 15 is 0 Å². The van der Waals surface area contributed by atoms with Crippen LogP contribution < -0.4 is 10.6 Å². The number of aryl methyl sites for hydroxylation is 2. The molecule has 0 bridgehead atoms. The number of hydrogen-bond acceptors (Lipinski definition) is 5. The molecule has 0 radical (unpaired) electrons. The Hall–Kier alpha value is -1.89. The highest BCUT2D eigenvalue weighted by Gasteiger charge is 2.04. The van der Waals surface area contributed by atoms with E-state index in [4.69, 9.17) is 4.52 Å². The van der Waals surface area contributed by atoms with Gasteiger partial charge in [0.15, 0.2) is 11.8 Å². The van der Waals surface area contributed by atoms with Crippen LogP contribution in [0.1, 0.15) is 28.4 Å². The molecule has 0 aliphatic rings. The van der Waals surface area contributed by atoms with Gasteiger partial charge in [-0.15, -0.1) is 11.3 Å². The molecular weight excluding hydrogens is 274 g/mol. The summed E-state index contributed by atoms with van der Waals surface area (Å²) in [5, 5.41) is 10.2. The van der Waals surface area contributed by atoms with Gasteiger partial charge in [-0.05, 0) is 18.6 Å². The van der Waals surface area contributed by atoms with Gasteiger partial charge < -0.3 is 15.2 Å². The van der Waals surface area contributed by atoms with Gasteiger partial charge in [0.1, 0.15) is 0 Å². The minimum atomic E-state index is 0.488. The Morgan fingerprint density at radius 2 is 2.05 bits per heavy atom. The van der Waals surface area contributed by atoms with E-state index in [2.05, 4.69) is 44.8 Å². The third kappa shape index (κ3) is 4.06. The van der Waals surface area contributed by atoms with Crippen LogP contribution in [0.2, 0.25) is 0 Å². The Kier molecular flexibility index (Phi) is 5.11. The summed E-state index contributed by atoms with van der Waals surface area (Å²) in [5.41, 5.74) is 0. The van der Waals surface area contributed by atoms with E-state index in [1.54, 1.807) is 14.0 Å². The highest BCUT2D eigenvalue weighted by Crippen LogP contribution is 2.16. The summed E-state index contributed by atoms with van der Waals surface area (Å²) in [4.78, 5) is 11.0. The number of rotatable bonds is 5. The van der Waals surface area contributed by atoms with Crippen molar-refractivity contribution in [2.24, 2.45) is 4.99 Å². The van der Waals surface area contributed by atoms with Crippen molar-refractivity contribution in [1.29, 1.82) is 0 Å². The van der Waals surface area contributed by atoms with Crippen molar-refractivity contribution in [3.63, 3.8) is 0 Å². The first kappa shape index (κ1) is 14.5. The summed E-state index contributed by atoms with van der Waals surface area (Å²) in [5.74, 6) is 1.91. The lowest BCUT2D eigenvalue weighted by atomic mass is 10.4. The first-order valence-corrected chi connectivity index (χ1v) is 7.34. The molecule has 0 saturated carbocycles. The highest BCUT2D eigenvalue weighted by atomic mass is 32.1. The molecule has 6 nitrogen and oxygen atoms in total. The monoisotopic (exact) mass is 293 g/mol. The van der Waals surface area contributed by atoms with Gasteiger partial charge in [-0.2, -0.15) is 4.98 Å². The quantitative estimate of drug-likeness (QED) is 0.650. The molecule has 0 aromatic carbocycles. The molecule has 0 amide bonds. The molecule has 108 valence electrons. The standard InChI is InChI=1S/C13H19N5OS/c1-4-10-5-6-11(20-10)7-15-13(14-3)16-8-12-17-9(2)19-18-12/h5-6H,4,7-8H2,1-3H3,(H2,14,15,16). The number of nitrogens with one attached hydrogen (secondary N) is 2. The lowest BCUT2D eigenvalue weighted by Crippen LogP contribution is -2.36. The molecule has 7 heteroatoms. The highest BCUT2D eigenvalue weighted by molar-refractivity contribution is 7.11. The second-order valence-electron chi connectivity index (χ2n) is 4.23. The van der Waals surface area contributed by atoms with Gasteiger partial charge >= 0.3 is 0 Å². The van der Waals surface area contributed by atoms with E-state index < -0.39 is 0 Å². The van der Waals surface area contributed by atoms with Crippen LogP contribution in [0.25, 0.3) is 0 Å². The van der Waals surface area contributed by atoms with Crippen molar-refractivity contribution in [2.45, 2.75) is 33.4 Å². The van der Waals surface area contributed by atoms with Crippen molar-refractivity contribution in [3.05, 3.63) is 33.6 Å². The van der Waals surface area contributed by atoms with Crippen LogP contribution in [0.4, 0.5) is 0 Å². The van der Waals surface area contributed by atoms with Gasteiger partial charge in [-0.3, -0.25) is 4.99 Å². The molecule has 2 heterocycles. The number of aliphatic imine (C=N–C) groups is 1. The number of hydrogen-bond donors (Lipinski definition) is 2. The molecule has 2 rings (SSSR count). The number of thiophene rings is 1. The second kappa shape index (κ2) is 7.04. The van der Waals surface area contributed by atoms with Crippen LogP contribution in [0.3, 0.4) is 0 Å². The molecular formula is C13H19N5OS. The maximum Gasteiger partial charge on any atom is 0.223 e. The van der Waals surface area contributed by atoms with Gasteiger partial charge in [0.05, 0.1) is 13.1 Å². The van der Waals surface area contributed by atoms with Crippen LogP contribution >= 0.6 is 11.3 Å². The normalized spacial score (nSPS) is 11.7. The minimum Gasteiger partial charge on any atom is -0.352 e. The molecule has 0 aliphatic carbocycles. The average Bonchev–Trinajstić information content (AvgIpc) is 3.08. The predicted molar refractivity (Wildman–Crippen MR) is 79.8 cm³/mol. The van der Waals surface area contributed by atoms with E-state index in [9.17, 15) is 0 Å². The molecule has 0 spiro atoms. The number of nitrogens with zero attached hydrogens (tertiary/aromatic N) is 3. The first-order valence-electron chi connectivity index (χ1n) is 6.52. The third-order valence-electron chi connectivity index (χ3n) is 2.70. The van der Waals surface area contributed by atoms with Crippen molar-refractivity contribution in [1.82, 2.24) is 20.8 Å². The number of guanidine groups is 1. The number of aromatic nitrogens is 2. The van der Waals surface area contributed by atoms with Crippen molar-refractivity contribution in [2.75, 3.05) is 7.05 Å². The second-order valence-corrected chi connectivity index (χ2v) is 5.48. The molecule has 0 fully saturated rings.